The molecule has 1 saturated heterocycles. The van der Waals surface area contributed by atoms with Gasteiger partial charge in [0.05, 0.1) is 16.2 Å². The maximum Gasteiger partial charge on any atom is 0.194 e. The van der Waals surface area contributed by atoms with Crippen LogP contribution in [-0.2, 0) is 16.3 Å². The number of halogens is 1. The maximum absolute atomic E-state index is 12.3. The van der Waals surface area contributed by atoms with Crippen molar-refractivity contribution in [3.05, 3.63) is 40.9 Å². The number of aromatic nitrogens is 1. The van der Waals surface area contributed by atoms with E-state index in [4.69, 9.17) is 9.98 Å². The van der Waals surface area contributed by atoms with E-state index in [0.29, 0.717) is 19.6 Å². The average Bonchev–Trinajstić information content (AvgIpc) is 3.13. The molecular weight excluding hydrogens is 531 g/mol. The van der Waals surface area contributed by atoms with E-state index >= 15 is 0 Å². The third-order valence-corrected chi connectivity index (χ3v) is 8.63. The van der Waals surface area contributed by atoms with Crippen molar-refractivity contribution in [3.8, 4) is 10.6 Å². The largest absolute Gasteiger partial charge is 0.357 e. The highest BCUT2D eigenvalue weighted by atomic mass is 127. The van der Waals surface area contributed by atoms with Crippen molar-refractivity contribution >= 4 is 51.1 Å². The van der Waals surface area contributed by atoms with Gasteiger partial charge < -0.3 is 10.2 Å². The first-order valence-electron chi connectivity index (χ1n) is 9.99. The Labute approximate surface area is 201 Å². The molecule has 0 unspecified atom stereocenters. The van der Waals surface area contributed by atoms with Crippen molar-refractivity contribution in [2.24, 2.45) is 4.99 Å². The average molecular weight is 563 g/mol. The predicted octanol–water partition coefficient (Wildman–Crippen LogP) is 3.75. The quantitative estimate of drug-likeness (QED) is 0.342. The monoisotopic (exact) mass is 562 g/mol. The fourth-order valence-electron chi connectivity index (χ4n) is 3.28. The molecule has 1 N–H and O–H groups in total. The first-order valence-corrected chi connectivity index (χ1v) is 12.5. The number of benzene rings is 1. The number of aryl methyl sites for hydroxylation is 1. The second kappa shape index (κ2) is 10.4. The lowest BCUT2D eigenvalue weighted by atomic mass is 10.2. The Morgan fingerprint density at radius 3 is 2.63 bits per heavy atom. The zero-order valence-electron chi connectivity index (χ0n) is 18.0. The predicted molar refractivity (Wildman–Crippen MR) is 137 cm³/mol. The Morgan fingerprint density at radius 1 is 1.30 bits per heavy atom. The van der Waals surface area contributed by atoms with Crippen molar-refractivity contribution in [1.82, 2.24) is 15.2 Å². The van der Waals surface area contributed by atoms with Gasteiger partial charge in [0.15, 0.2) is 15.8 Å². The second-order valence-electron chi connectivity index (χ2n) is 8.00. The van der Waals surface area contributed by atoms with Gasteiger partial charge in [0.1, 0.15) is 5.01 Å². The minimum Gasteiger partial charge on any atom is -0.357 e. The Hall–Kier alpha value is -1.20. The van der Waals surface area contributed by atoms with Gasteiger partial charge in [0, 0.05) is 43.5 Å². The van der Waals surface area contributed by atoms with Crippen LogP contribution in [0.1, 0.15) is 32.0 Å². The lowest BCUT2D eigenvalue weighted by Crippen LogP contribution is -2.57. The van der Waals surface area contributed by atoms with Crippen molar-refractivity contribution in [2.45, 2.75) is 38.9 Å². The Morgan fingerprint density at radius 2 is 2.00 bits per heavy atom. The summed E-state index contributed by atoms with van der Waals surface area (Å²) in [6, 6.07) is 8.41. The van der Waals surface area contributed by atoms with Gasteiger partial charge in [-0.15, -0.1) is 35.3 Å². The minimum atomic E-state index is -3.07. The highest BCUT2D eigenvalue weighted by Crippen LogP contribution is 2.25. The van der Waals surface area contributed by atoms with E-state index in [1.165, 1.54) is 5.56 Å². The molecule has 0 radical (unpaired) electrons. The highest BCUT2D eigenvalue weighted by Gasteiger charge is 2.40. The summed E-state index contributed by atoms with van der Waals surface area (Å²) in [6.45, 7) is 9.98. The number of hydrogen-bond acceptors (Lipinski definition) is 5. The summed E-state index contributed by atoms with van der Waals surface area (Å²) in [6.07, 6.45) is 0.757. The van der Waals surface area contributed by atoms with Crippen molar-refractivity contribution in [2.75, 3.05) is 31.9 Å². The lowest BCUT2D eigenvalue weighted by molar-refractivity contribution is 0.353. The number of thiazole rings is 1. The molecule has 2 heterocycles. The molecule has 1 aliphatic heterocycles. The summed E-state index contributed by atoms with van der Waals surface area (Å²) < 4.78 is 23.8. The molecule has 0 spiro atoms. The van der Waals surface area contributed by atoms with Gasteiger partial charge >= 0.3 is 0 Å². The van der Waals surface area contributed by atoms with E-state index in [1.54, 1.807) is 25.2 Å². The molecule has 166 valence electrons. The zero-order chi connectivity index (χ0) is 21.1. The number of sulfone groups is 1. The number of rotatable bonds is 5. The third kappa shape index (κ3) is 5.94. The number of nitrogens with one attached hydrogen (secondary N) is 1. The van der Waals surface area contributed by atoms with Crippen LogP contribution in [-0.4, -0.2) is 60.9 Å². The fraction of sp³-hybridized carbons (Fsp3) is 0.524. The van der Waals surface area contributed by atoms with Crippen LogP contribution in [0.15, 0.2) is 34.6 Å². The normalized spacial score (nSPS) is 18.0. The summed E-state index contributed by atoms with van der Waals surface area (Å²) in [5.41, 5.74) is 3.41. The molecular formula is C21H31IN4O2S2. The Bertz CT molecular complexity index is 969. The van der Waals surface area contributed by atoms with Crippen molar-refractivity contribution in [1.29, 1.82) is 0 Å². The van der Waals surface area contributed by atoms with Crippen LogP contribution < -0.4 is 5.32 Å². The molecule has 0 amide bonds. The number of aliphatic imine (C=N–C) groups is 1. The lowest BCUT2D eigenvalue weighted by Gasteiger charge is -2.39. The molecule has 1 aromatic carbocycles. The molecule has 30 heavy (non-hydrogen) atoms. The van der Waals surface area contributed by atoms with Crippen LogP contribution in [0.4, 0.5) is 0 Å². The van der Waals surface area contributed by atoms with Crippen LogP contribution >= 0.6 is 35.3 Å². The fourth-order valence-corrected chi connectivity index (χ4v) is 5.50. The molecule has 0 bridgehead atoms. The number of nitrogens with zero attached hydrogens (tertiary/aromatic N) is 3. The molecule has 0 aliphatic carbocycles. The molecule has 1 fully saturated rings. The van der Waals surface area contributed by atoms with Crippen LogP contribution in [0.25, 0.3) is 10.6 Å². The van der Waals surface area contributed by atoms with Gasteiger partial charge in [0.2, 0.25) is 0 Å². The second-order valence-corrected chi connectivity index (χ2v) is 11.6. The van der Waals surface area contributed by atoms with Gasteiger partial charge in [-0.1, -0.05) is 29.8 Å². The molecule has 0 saturated carbocycles. The van der Waals surface area contributed by atoms with Crippen molar-refractivity contribution in [3.63, 3.8) is 0 Å². The SMILES string of the molecule is CCNC(=NCCc1csc(-c2ccc(C)cc2)n1)N1CCS(=O)(=O)C(C)(C)C1.I. The number of hydrogen-bond donors (Lipinski definition) is 1. The smallest absolute Gasteiger partial charge is 0.194 e. The van der Waals surface area contributed by atoms with Crippen LogP contribution in [0, 0.1) is 6.92 Å². The summed E-state index contributed by atoms with van der Waals surface area (Å²) in [7, 11) is -3.07. The molecule has 1 aromatic heterocycles. The highest BCUT2D eigenvalue weighted by molar-refractivity contribution is 14.0. The maximum atomic E-state index is 12.3. The number of guanidine groups is 1. The van der Waals surface area contributed by atoms with Gasteiger partial charge in [-0.25, -0.2) is 13.4 Å². The van der Waals surface area contributed by atoms with E-state index in [-0.39, 0.29) is 29.7 Å². The van der Waals surface area contributed by atoms with Crippen LogP contribution in [0.2, 0.25) is 0 Å². The van der Waals surface area contributed by atoms with Crippen LogP contribution in [0.3, 0.4) is 0 Å². The van der Waals surface area contributed by atoms with Crippen LogP contribution in [0.5, 0.6) is 0 Å². The van der Waals surface area contributed by atoms with E-state index < -0.39 is 14.6 Å². The minimum absolute atomic E-state index is 0. The van der Waals surface area contributed by atoms with Gasteiger partial charge in [-0.2, -0.15) is 0 Å². The van der Waals surface area contributed by atoms with E-state index in [2.05, 4.69) is 46.8 Å². The Balaban J connectivity index is 0.00000320. The molecule has 6 nitrogen and oxygen atoms in total. The summed E-state index contributed by atoms with van der Waals surface area (Å²) in [5.74, 6) is 0.945. The summed E-state index contributed by atoms with van der Waals surface area (Å²) in [4.78, 5) is 11.5. The molecule has 3 rings (SSSR count). The molecule has 0 atom stereocenters. The van der Waals surface area contributed by atoms with E-state index in [9.17, 15) is 8.42 Å². The summed E-state index contributed by atoms with van der Waals surface area (Å²) in [5, 5.41) is 6.42. The van der Waals surface area contributed by atoms with Crippen molar-refractivity contribution < 1.29 is 8.42 Å². The molecule has 2 aromatic rings. The Kier molecular flexibility index (Phi) is 8.70. The molecule has 9 heteroatoms. The summed E-state index contributed by atoms with van der Waals surface area (Å²) >= 11 is 1.65. The zero-order valence-corrected chi connectivity index (χ0v) is 22.0. The molecule has 1 aliphatic rings. The third-order valence-electron chi connectivity index (χ3n) is 5.16. The van der Waals surface area contributed by atoms with Gasteiger partial charge in [0.25, 0.3) is 0 Å². The van der Waals surface area contributed by atoms with Gasteiger partial charge in [-0.05, 0) is 27.7 Å². The van der Waals surface area contributed by atoms with E-state index in [1.807, 2.05) is 6.92 Å². The standard InChI is InChI=1S/C21H30N4O2S2.HI/c1-5-22-20(25-12-13-29(26,27)21(3,4)15-25)23-11-10-18-14-28-19(24-18)17-8-6-16(2)7-9-17;/h6-9,14H,5,10-13,15H2,1-4H3,(H,22,23);1H. The first kappa shape index (κ1) is 25.1. The first-order chi connectivity index (χ1) is 13.7. The van der Waals surface area contributed by atoms with E-state index in [0.717, 1.165) is 35.2 Å². The van der Waals surface area contributed by atoms with Gasteiger partial charge in [-0.3, -0.25) is 4.99 Å². The topological polar surface area (TPSA) is 74.7 Å².